The van der Waals surface area contributed by atoms with Gasteiger partial charge in [0.25, 0.3) is 0 Å². The van der Waals surface area contributed by atoms with Gasteiger partial charge in [0.1, 0.15) is 5.82 Å². The van der Waals surface area contributed by atoms with Crippen LogP contribution in [0.15, 0.2) is 30.5 Å². The Bertz CT molecular complexity index is 488. The Kier molecular flexibility index (Phi) is 3.42. The lowest BCUT2D eigenvalue weighted by molar-refractivity contribution is 0.627. The number of hydrogen-bond acceptors (Lipinski definition) is 2. The number of nitrogen functional groups attached to an aromatic ring is 1. The molecule has 0 bridgehead atoms. The summed E-state index contributed by atoms with van der Waals surface area (Å²) >= 11 is 0. The lowest BCUT2D eigenvalue weighted by Crippen LogP contribution is -2.05. The molecule has 2 rings (SSSR count). The number of nitrogens with two attached hydrogens (primary N) is 1. The molecule has 0 atom stereocenters. The molecule has 0 aliphatic carbocycles. The van der Waals surface area contributed by atoms with Gasteiger partial charge in [-0.2, -0.15) is 0 Å². The highest BCUT2D eigenvalue weighted by molar-refractivity contribution is 5.61. The minimum absolute atomic E-state index is 0.235. The summed E-state index contributed by atoms with van der Waals surface area (Å²) in [5, 5.41) is 0. The minimum Gasteiger partial charge on any atom is -0.369 e. The van der Waals surface area contributed by atoms with Crippen LogP contribution in [0, 0.1) is 5.82 Å². The highest BCUT2D eigenvalue weighted by Gasteiger charge is 2.08. The second kappa shape index (κ2) is 4.99. The summed E-state index contributed by atoms with van der Waals surface area (Å²) in [6.45, 7) is 2.97. The van der Waals surface area contributed by atoms with E-state index in [9.17, 15) is 4.39 Å². The fraction of sp³-hybridized carbons (Fsp3) is 0.308. The summed E-state index contributed by atoms with van der Waals surface area (Å²) in [5.74, 6) is 0.277. The quantitative estimate of drug-likeness (QED) is 0.882. The monoisotopic (exact) mass is 233 g/mol. The number of nitrogens with zero attached hydrogens (tertiary/aromatic N) is 2. The fourth-order valence-corrected chi connectivity index (χ4v) is 1.79. The molecule has 0 radical (unpaired) electrons. The van der Waals surface area contributed by atoms with Gasteiger partial charge in [-0.15, -0.1) is 0 Å². The zero-order valence-corrected chi connectivity index (χ0v) is 9.86. The zero-order chi connectivity index (χ0) is 12.3. The third-order valence-corrected chi connectivity index (χ3v) is 2.76. The van der Waals surface area contributed by atoms with Crippen LogP contribution in [0.4, 0.5) is 10.3 Å². The Morgan fingerprint density at radius 3 is 2.65 bits per heavy atom. The highest BCUT2D eigenvalue weighted by atomic mass is 19.1. The molecule has 0 fully saturated rings. The van der Waals surface area contributed by atoms with Crippen molar-refractivity contribution in [2.75, 3.05) is 5.73 Å². The molecule has 4 heteroatoms. The molecular formula is C13H16FN3. The van der Waals surface area contributed by atoms with Crippen LogP contribution in [0.5, 0.6) is 0 Å². The Morgan fingerprint density at radius 1 is 1.29 bits per heavy atom. The molecule has 1 aromatic carbocycles. The third kappa shape index (κ3) is 2.46. The Labute approximate surface area is 100 Å². The summed E-state index contributed by atoms with van der Waals surface area (Å²) in [4.78, 5) is 4.12. The van der Waals surface area contributed by atoms with Gasteiger partial charge < -0.3 is 10.3 Å². The van der Waals surface area contributed by atoms with Gasteiger partial charge in [0.05, 0.1) is 11.9 Å². The largest absolute Gasteiger partial charge is 0.369 e. The Hall–Kier alpha value is -1.84. The minimum atomic E-state index is -0.235. The summed E-state index contributed by atoms with van der Waals surface area (Å²) in [7, 11) is 0. The molecule has 0 aliphatic rings. The average Bonchev–Trinajstić information content (AvgIpc) is 2.69. The van der Waals surface area contributed by atoms with Crippen LogP contribution in [0.25, 0.3) is 11.3 Å². The number of anilines is 1. The van der Waals surface area contributed by atoms with Crippen molar-refractivity contribution < 1.29 is 4.39 Å². The Morgan fingerprint density at radius 2 is 2.00 bits per heavy atom. The van der Waals surface area contributed by atoms with Gasteiger partial charge in [0.15, 0.2) is 0 Å². The van der Waals surface area contributed by atoms with Crippen molar-refractivity contribution in [3.63, 3.8) is 0 Å². The lowest BCUT2D eigenvalue weighted by Gasteiger charge is -2.09. The molecule has 0 spiro atoms. The van der Waals surface area contributed by atoms with Crippen LogP contribution in [-0.2, 0) is 6.54 Å². The first kappa shape index (κ1) is 11.6. The second-order valence-electron chi connectivity index (χ2n) is 4.01. The first-order valence-corrected chi connectivity index (χ1v) is 5.79. The maximum Gasteiger partial charge on any atom is 0.200 e. The number of imidazole rings is 1. The van der Waals surface area contributed by atoms with Crippen molar-refractivity contribution in [2.24, 2.45) is 0 Å². The van der Waals surface area contributed by atoms with Crippen molar-refractivity contribution in [3.8, 4) is 11.3 Å². The first-order valence-electron chi connectivity index (χ1n) is 5.79. The van der Waals surface area contributed by atoms with Gasteiger partial charge in [0, 0.05) is 12.1 Å². The van der Waals surface area contributed by atoms with Crippen LogP contribution >= 0.6 is 0 Å². The van der Waals surface area contributed by atoms with Crippen LogP contribution in [0.2, 0.25) is 0 Å². The van der Waals surface area contributed by atoms with Gasteiger partial charge in [0.2, 0.25) is 5.95 Å². The molecule has 1 aromatic heterocycles. The third-order valence-electron chi connectivity index (χ3n) is 2.76. The Balaban J connectivity index is 2.34. The summed E-state index contributed by atoms with van der Waals surface area (Å²) < 4.78 is 14.8. The smallest absolute Gasteiger partial charge is 0.200 e. The number of benzene rings is 1. The lowest BCUT2D eigenvalue weighted by atomic mass is 10.1. The molecule has 0 saturated carbocycles. The molecule has 0 saturated heterocycles. The predicted molar refractivity (Wildman–Crippen MR) is 66.9 cm³/mol. The normalized spacial score (nSPS) is 10.7. The van der Waals surface area contributed by atoms with E-state index in [0.717, 1.165) is 30.6 Å². The first-order chi connectivity index (χ1) is 8.22. The van der Waals surface area contributed by atoms with Crippen molar-refractivity contribution in [2.45, 2.75) is 26.3 Å². The van der Waals surface area contributed by atoms with Crippen molar-refractivity contribution in [1.29, 1.82) is 0 Å². The van der Waals surface area contributed by atoms with E-state index in [2.05, 4.69) is 11.9 Å². The number of halogens is 1. The van der Waals surface area contributed by atoms with Crippen molar-refractivity contribution in [1.82, 2.24) is 9.55 Å². The topological polar surface area (TPSA) is 43.8 Å². The van der Waals surface area contributed by atoms with E-state index in [-0.39, 0.29) is 5.82 Å². The molecule has 2 aromatic rings. The van der Waals surface area contributed by atoms with E-state index >= 15 is 0 Å². The summed E-state index contributed by atoms with van der Waals surface area (Å²) in [6, 6.07) is 6.38. The van der Waals surface area contributed by atoms with E-state index in [0.29, 0.717) is 5.95 Å². The fourth-order valence-electron chi connectivity index (χ4n) is 1.79. The molecule has 17 heavy (non-hydrogen) atoms. The maximum atomic E-state index is 12.9. The van der Waals surface area contributed by atoms with Crippen LogP contribution < -0.4 is 5.73 Å². The van der Waals surface area contributed by atoms with Gasteiger partial charge in [-0.05, 0) is 30.7 Å². The van der Waals surface area contributed by atoms with E-state index in [1.165, 1.54) is 12.1 Å². The molecule has 0 unspecified atom stereocenters. The van der Waals surface area contributed by atoms with Crippen molar-refractivity contribution in [3.05, 3.63) is 36.3 Å². The average molecular weight is 233 g/mol. The maximum absolute atomic E-state index is 12.9. The molecule has 2 N–H and O–H groups in total. The van der Waals surface area contributed by atoms with E-state index < -0.39 is 0 Å². The number of rotatable bonds is 4. The summed E-state index contributed by atoms with van der Waals surface area (Å²) in [6.07, 6.45) is 3.88. The van der Waals surface area contributed by atoms with Crippen molar-refractivity contribution >= 4 is 5.95 Å². The molecule has 3 nitrogen and oxygen atoms in total. The molecule has 0 amide bonds. The van der Waals surface area contributed by atoms with E-state index in [1.807, 2.05) is 4.57 Å². The second-order valence-corrected chi connectivity index (χ2v) is 4.01. The molecule has 0 aliphatic heterocycles. The van der Waals surface area contributed by atoms with E-state index in [4.69, 9.17) is 5.73 Å². The van der Waals surface area contributed by atoms with Crippen LogP contribution in [-0.4, -0.2) is 9.55 Å². The standard InChI is InChI=1S/C13H16FN3/c1-2-3-8-17-12(9-16-13(17)15)10-4-6-11(14)7-5-10/h4-7,9H,2-3,8H2,1H3,(H2,15,16). The predicted octanol–water partition coefficient (Wildman–Crippen LogP) is 3.07. The zero-order valence-electron chi connectivity index (χ0n) is 9.86. The highest BCUT2D eigenvalue weighted by Crippen LogP contribution is 2.22. The van der Waals surface area contributed by atoms with Crippen LogP contribution in [0.3, 0.4) is 0 Å². The molecular weight excluding hydrogens is 217 g/mol. The summed E-state index contributed by atoms with van der Waals surface area (Å²) in [5.41, 5.74) is 7.70. The van der Waals surface area contributed by atoms with E-state index in [1.54, 1.807) is 18.3 Å². The SMILES string of the molecule is CCCCn1c(-c2ccc(F)cc2)cnc1N. The van der Waals surface area contributed by atoms with Crippen LogP contribution in [0.1, 0.15) is 19.8 Å². The van der Waals surface area contributed by atoms with Gasteiger partial charge in [-0.1, -0.05) is 13.3 Å². The number of unbranched alkanes of at least 4 members (excludes halogenated alkanes) is 1. The van der Waals surface area contributed by atoms with Gasteiger partial charge >= 0.3 is 0 Å². The number of hydrogen-bond donors (Lipinski definition) is 1. The van der Waals surface area contributed by atoms with Gasteiger partial charge in [-0.25, -0.2) is 9.37 Å². The number of aromatic nitrogens is 2. The van der Waals surface area contributed by atoms with Gasteiger partial charge in [-0.3, -0.25) is 0 Å². The molecule has 1 heterocycles. The molecule has 90 valence electrons.